The number of carbonyl (C=O) groups is 1. The first kappa shape index (κ1) is 10.9. The van der Waals surface area contributed by atoms with Crippen molar-refractivity contribution in [2.75, 3.05) is 0 Å². The summed E-state index contributed by atoms with van der Waals surface area (Å²) in [5.74, 6) is 0.557. The van der Waals surface area contributed by atoms with E-state index in [9.17, 15) is 4.79 Å². The van der Waals surface area contributed by atoms with E-state index in [2.05, 4.69) is 34.1 Å². The third kappa shape index (κ3) is 2.15. The molecule has 15 heavy (non-hydrogen) atoms. The zero-order valence-electron chi connectivity index (χ0n) is 8.87. The average Bonchev–Trinajstić information content (AvgIpc) is 2.27. The summed E-state index contributed by atoms with van der Waals surface area (Å²) in [5, 5.41) is 0. The highest BCUT2D eigenvalue weighted by Crippen LogP contribution is 2.37. The Morgan fingerprint density at radius 2 is 2.33 bits per heavy atom. The van der Waals surface area contributed by atoms with Crippen molar-refractivity contribution in [2.45, 2.75) is 32.1 Å². The molecule has 0 heterocycles. The van der Waals surface area contributed by atoms with Gasteiger partial charge in [0.05, 0.1) is 0 Å². The number of rotatable bonds is 2. The van der Waals surface area contributed by atoms with Crippen molar-refractivity contribution in [1.29, 1.82) is 0 Å². The van der Waals surface area contributed by atoms with Crippen LogP contribution in [0.25, 0.3) is 0 Å². The number of hydrogen-bond acceptors (Lipinski definition) is 1. The number of benzene rings is 1. The molecule has 1 aliphatic carbocycles. The van der Waals surface area contributed by atoms with Crippen molar-refractivity contribution in [2.24, 2.45) is 5.92 Å². The summed E-state index contributed by atoms with van der Waals surface area (Å²) in [5.41, 5.74) is 2.79. The smallest absolute Gasteiger partial charge is 0.123 e. The van der Waals surface area contributed by atoms with Gasteiger partial charge in [0.25, 0.3) is 0 Å². The zero-order valence-corrected chi connectivity index (χ0v) is 10.5. The molecule has 0 saturated carbocycles. The van der Waals surface area contributed by atoms with E-state index in [0.29, 0.717) is 5.92 Å². The molecular formula is C13H15BrO. The summed E-state index contributed by atoms with van der Waals surface area (Å²) < 4.78 is 1.12. The lowest BCUT2D eigenvalue weighted by Crippen LogP contribution is -2.17. The SMILES string of the molecule is CC(C=O)C1CCCc2ccc(Br)cc21. The van der Waals surface area contributed by atoms with Crippen LogP contribution in [-0.2, 0) is 11.2 Å². The fourth-order valence-corrected chi connectivity index (χ4v) is 2.83. The Morgan fingerprint density at radius 3 is 3.07 bits per heavy atom. The Balaban J connectivity index is 2.40. The van der Waals surface area contributed by atoms with E-state index >= 15 is 0 Å². The lowest BCUT2D eigenvalue weighted by Gasteiger charge is -2.28. The summed E-state index contributed by atoms with van der Waals surface area (Å²) in [6, 6.07) is 6.45. The summed E-state index contributed by atoms with van der Waals surface area (Å²) in [4.78, 5) is 10.9. The van der Waals surface area contributed by atoms with Crippen LogP contribution in [-0.4, -0.2) is 6.29 Å². The third-order valence-corrected chi connectivity index (χ3v) is 3.81. The summed E-state index contributed by atoms with van der Waals surface area (Å²) >= 11 is 3.50. The van der Waals surface area contributed by atoms with Gasteiger partial charge in [-0.3, -0.25) is 0 Å². The number of carbonyl (C=O) groups excluding carboxylic acids is 1. The Morgan fingerprint density at radius 1 is 1.53 bits per heavy atom. The second kappa shape index (κ2) is 4.48. The van der Waals surface area contributed by atoms with E-state index in [0.717, 1.165) is 23.6 Å². The predicted molar refractivity (Wildman–Crippen MR) is 65.0 cm³/mol. The Hall–Kier alpha value is -0.630. The molecule has 1 aromatic carbocycles. The van der Waals surface area contributed by atoms with Gasteiger partial charge in [-0.15, -0.1) is 0 Å². The van der Waals surface area contributed by atoms with Crippen LogP contribution in [0.1, 0.15) is 36.8 Å². The first-order valence-electron chi connectivity index (χ1n) is 5.46. The maximum Gasteiger partial charge on any atom is 0.123 e. The van der Waals surface area contributed by atoms with E-state index < -0.39 is 0 Å². The monoisotopic (exact) mass is 266 g/mol. The van der Waals surface area contributed by atoms with E-state index in [4.69, 9.17) is 0 Å². The molecule has 0 saturated heterocycles. The molecule has 0 N–H and O–H groups in total. The largest absolute Gasteiger partial charge is 0.303 e. The van der Waals surface area contributed by atoms with Crippen LogP contribution in [0.5, 0.6) is 0 Å². The van der Waals surface area contributed by atoms with Gasteiger partial charge in [0, 0.05) is 10.4 Å². The molecule has 0 radical (unpaired) electrons. The molecular weight excluding hydrogens is 252 g/mol. The van der Waals surface area contributed by atoms with E-state index in [1.165, 1.54) is 17.5 Å². The minimum atomic E-state index is 0.137. The van der Waals surface area contributed by atoms with Crippen LogP contribution < -0.4 is 0 Å². The molecule has 0 aliphatic heterocycles. The quantitative estimate of drug-likeness (QED) is 0.746. The van der Waals surface area contributed by atoms with Gasteiger partial charge in [-0.25, -0.2) is 0 Å². The van der Waals surface area contributed by atoms with Crippen LogP contribution in [0.2, 0.25) is 0 Å². The highest BCUT2D eigenvalue weighted by molar-refractivity contribution is 9.10. The van der Waals surface area contributed by atoms with Gasteiger partial charge in [0.15, 0.2) is 0 Å². The minimum Gasteiger partial charge on any atom is -0.303 e. The first-order valence-corrected chi connectivity index (χ1v) is 6.25. The van der Waals surface area contributed by atoms with Crippen molar-refractivity contribution in [3.8, 4) is 0 Å². The van der Waals surface area contributed by atoms with Gasteiger partial charge in [0.2, 0.25) is 0 Å². The van der Waals surface area contributed by atoms with E-state index in [1.54, 1.807) is 0 Å². The van der Waals surface area contributed by atoms with Crippen molar-refractivity contribution >= 4 is 22.2 Å². The van der Waals surface area contributed by atoms with Gasteiger partial charge < -0.3 is 4.79 Å². The number of halogens is 1. The van der Waals surface area contributed by atoms with Crippen molar-refractivity contribution < 1.29 is 4.79 Å². The lowest BCUT2D eigenvalue weighted by molar-refractivity contribution is -0.111. The first-order chi connectivity index (χ1) is 7.22. The molecule has 2 rings (SSSR count). The fraction of sp³-hybridized carbons (Fsp3) is 0.462. The van der Waals surface area contributed by atoms with Crippen LogP contribution in [0.15, 0.2) is 22.7 Å². The van der Waals surface area contributed by atoms with Crippen molar-refractivity contribution in [1.82, 2.24) is 0 Å². The van der Waals surface area contributed by atoms with Gasteiger partial charge in [-0.05, 0) is 48.4 Å². The zero-order chi connectivity index (χ0) is 10.8. The molecule has 2 heteroatoms. The summed E-state index contributed by atoms with van der Waals surface area (Å²) in [7, 11) is 0. The lowest BCUT2D eigenvalue weighted by atomic mass is 9.77. The van der Waals surface area contributed by atoms with Crippen LogP contribution in [0.3, 0.4) is 0 Å². The number of fused-ring (bicyclic) bond motifs is 1. The number of aldehydes is 1. The standard InChI is InChI=1S/C13H15BrO/c1-9(8-15)12-4-2-3-10-5-6-11(14)7-13(10)12/h5-9,12H,2-4H2,1H3. The highest BCUT2D eigenvalue weighted by atomic mass is 79.9. The molecule has 1 aliphatic rings. The van der Waals surface area contributed by atoms with E-state index in [-0.39, 0.29) is 5.92 Å². The van der Waals surface area contributed by atoms with Crippen LogP contribution in [0.4, 0.5) is 0 Å². The molecule has 0 fully saturated rings. The molecule has 1 aromatic rings. The minimum absolute atomic E-state index is 0.137. The van der Waals surface area contributed by atoms with Gasteiger partial charge >= 0.3 is 0 Å². The fourth-order valence-electron chi connectivity index (χ4n) is 2.45. The van der Waals surface area contributed by atoms with Gasteiger partial charge in [-0.1, -0.05) is 28.9 Å². The summed E-state index contributed by atoms with van der Waals surface area (Å²) in [6.45, 7) is 2.02. The van der Waals surface area contributed by atoms with Crippen molar-refractivity contribution in [3.05, 3.63) is 33.8 Å². The maximum atomic E-state index is 10.9. The Bertz CT molecular complexity index is 373. The average molecular weight is 267 g/mol. The third-order valence-electron chi connectivity index (χ3n) is 3.32. The topological polar surface area (TPSA) is 17.1 Å². The van der Waals surface area contributed by atoms with E-state index in [1.807, 2.05) is 6.92 Å². The van der Waals surface area contributed by atoms with Gasteiger partial charge in [0.1, 0.15) is 6.29 Å². The second-order valence-electron chi connectivity index (χ2n) is 4.34. The van der Waals surface area contributed by atoms with Gasteiger partial charge in [-0.2, -0.15) is 0 Å². The molecule has 2 unspecified atom stereocenters. The second-order valence-corrected chi connectivity index (χ2v) is 5.25. The molecule has 80 valence electrons. The Kier molecular flexibility index (Phi) is 3.25. The molecule has 1 nitrogen and oxygen atoms in total. The highest BCUT2D eigenvalue weighted by Gasteiger charge is 2.24. The molecule has 2 atom stereocenters. The molecule has 0 spiro atoms. The maximum absolute atomic E-state index is 10.9. The van der Waals surface area contributed by atoms with Crippen molar-refractivity contribution in [3.63, 3.8) is 0 Å². The molecule has 0 aromatic heterocycles. The summed E-state index contributed by atoms with van der Waals surface area (Å²) in [6.07, 6.45) is 4.59. The Labute approximate surface area is 99.0 Å². The molecule has 0 amide bonds. The van der Waals surface area contributed by atoms with Crippen LogP contribution >= 0.6 is 15.9 Å². The predicted octanol–water partition coefficient (Wildman–Crippen LogP) is 3.70. The normalized spacial score (nSPS) is 21.9. The number of hydrogen-bond donors (Lipinski definition) is 0. The molecule has 0 bridgehead atoms. The number of aryl methyl sites for hydroxylation is 1. The van der Waals surface area contributed by atoms with Crippen LogP contribution in [0, 0.1) is 5.92 Å².